The first-order valence-electron chi connectivity index (χ1n) is 9.36. The van der Waals surface area contributed by atoms with Crippen LogP contribution in [-0.2, 0) is 6.61 Å². The quantitative estimate of drug-likeness (QED) is 0.259. The van der Waals surface area contributed by atoms with Gasteiger partial charge < -0.3 is 4.74 Å². The number of hydrogen-bond donors (Lipinski definition) is 0. The lowest BCUT2D eigenvalue weighted by Crippen LogP contribution is -1.95. The monoisotopic (exact) mass is 398 g/mol. The molecular formula is C26H19ClO2. The van der Waals surface area contributed by atoms with E-state index in [2.05, 4.69) is 0 Å². The molecule has 0 heterocycles. The molecule has 3 heteroatoms. The number of ketones is 1. The van der Waals surface area contributed by atoms with Crippen LogP contribution in [0, 0.1) is 0 Å². The predicted molar refractivity (Wildman–Crippen MR) is 120 cm³/mol. The molecule has 4 aromatic carbocycles. The van der Waals surface area contributed by atoms with E-state index in [4.69, 9.17) is 16.3 Å². The summed E-state index contributed by atoms with van der Waals surface area (Å²) >= 11 is 5.89. The summed E-state index contributed by atoms with van der Waals surface area (Å²) < 4.78 is 5.79. The minimum atomic E-state index is -0.0150. The van der Waals surface area contributed by atoms with E-state index in [0.29, 0.717) is 17.2 Å². The Bertz CT molecular complexity index is 1160. The van der Waals surface area contributed by atoms with Gasteiger partial charge in [-0.15, -0.1) is 0 Å². The van der Waals surface area contributed by atoms with Gasteiger partial charge in [-0.1, -0.05) is 78.3 Å². The number of halogens is 1. The van der Waals surface area contributed by atoms with Gasteiger partial charge in [0.25, 0.3) is 0 Å². The number of ether oxygens (including phenoxy) is 1. The molecule has 2 nitrogen and oxygen atoms in total. The standard InChI is InChI=1S/C26H19ClO2/c27-24-12-5-20(6-13-24)18-29-25-14-7-19(8-15-25)9-16-26(28)23-11-10-21-3-1-2-4-22(21)17-23/h1-17H,18H2/b16-9+. The van der Waals surface area contributed by atoms with Gasteiger partial charge in [0.2, 0.25) is 0 Å². The Kier molecular flexibility index (Phi) is 5.73. The second-order valence-electron chi connectivity index (χ2n) is 6.74. The van der Waals surface area contributed by atoms with Gasteiger partial charge in [-0.2, -0.15) is 0 Å². The third kappa shape index (κ3) is 4.92. The first-order valence-corrected chi connectivity index (χ1v) is 9.74. The van der Waals surface area contributed by atoms with Crippen molar-refractivity contribution >= 4 is 34.2 Å². The average molecular weight is 399 g/mol. The summed E-state index contributed by atoms with van der Waals surface area (Å²) in [7, 11) is 0. The molecule has 0 saturated carbocycles. The Morgan fingerprint density at radius 1 is 0.828 bits per heavy atom. The van der Waals surface area contributed by atoms with Crippen LogP contribution in [0.25, 0.3) is 16.8 Å². The highest BCUT2D eigenvalue weighted by molar-refractivity contribution is 6.30. The zero-order valence-electron chi connectivity index (χ0n) is 15.7. The molecule has 0 atom stereocenters. The zero-order chi connectivity index (χ0) is 20.1. The molecule has 142 valence electrons. The van der Waals surface area contributed by atoms with E-state index in [0.717, 1.165) is 27.6 Å². The summed E-state index contributed by atoms with van der Waals surface area (Å²) in [5.74, 6) is 0.761. The Morgan fingerprint density at radius 3 is 2.31 bits per heavy atom. The normalized spacial score (nSPS) is 11.1. The molecule has 29 heavy (non-hydrogen) atoms. The van der Waals surface area contributed by atoms with E-state index >= 15 is 0 Å². The number of carbonyl (C=O) groups is 1. The van der Waals surface area contributed by atoms with Crippen molar-refractivity contribution in [3.63, 3.8) is 0 Å². The molecule has 0 N–H and O–H groups in total. The van der Waals surface area contributed by atoms with E-state index in [1.54, 1.807) is 6.08 Å². The van der Waals surface area contributed by atoms with Crippen molar-refractivity contribution in [3.05, 3.63) is 119 Å². The molecular weight excluding hydrogens is 380 g/mol. The van der Waals surface area contributed by atoms with Gasteiger partial charge >= 0.3 is 0 Å². The van der Waals surface area contributed by atoms with Crippen LogP contribution in [0.5, 0.6) is 5.75 Å². The zero-order valence-corrected chi connectivity index (χ0v) is 16.5. The number of fused-ring (bicyclic) bond motifs is 1. The lowest BCUT2D eigenvalue weighted by atomic mass is 10.0. The fourth-order valence-corrected chi connectivity index (χ4v) is 3.16. The van der Waals surface area contributed by atoms with Crippen LogP contribution in [0.3, 0.4) is 0 Å². The molecule has 0 unspecified atom stereocenters. The molecule has 0 aromatic heterocycles. The summed E-state index contributed by atoms with van der Waals surface area (Å²) in [5.41, 5.74) is 2.68. The lowest BCUT2D eigenvalue weighted by molar-refractivity contribution is 0.104. The summed E-state index contributed by atoms with van der Waals surface area (Å²) in [6, 6.07) is 29.0. The maximum atomic E-state index is 12.5. The van der Waals surface area contributed by atoms with Crippen LogP contribution >= 0.6 is 11.6 Å². The molecule has 0 fully saturated rings. The Hall–Kier alpha value is -3.36. The molecule has 0 bridgehead atoms. The molecule has 0 aliphatic carbocycles. The van der Waals surface area contributed by atoms with E-state index in [1.165, 1.54) is 0 Å². The van der Waals surface area contributed by atoms with Gasteiger partial charge in [0.05, 0.1) is 0 Å². The molecule has 0 saturated heterocycles. The van der Waals surface area contributed by atoms with E-state index < -0.39 is 0 Å². The van der Waals surface area contributed by atoms with Gasteiger partial charge in [-0.3, -0.25) is 4.79 Å². The van der Waals surface area contributed by atoms with Crippen molar-refractivity contribution in [2.24, 2.45) is 0 Å². The van der Waals surface area contributed by atoms with Crippen LogP contribution in [0.1, 0.15) is 21.5 Å². The summed E-state index contributed by atoms with van der Waals surface area (Å²) in [6.07, 6.45) is 3.42. The fraction of sp³-hybridized carbons (Fsp3) is 0.0385. The van der Waals surface area contributed by atoms with Crippen LogP contribution in [0.4, 0.5) is 0 Å². The van der Waals surface area contributed by atoms with Gasteiger partial charge in [0, 0.05) is 10.6 Å². The van der Waals surface area contributed by atoms with Gasteiger partial charge in [-0.25, -0.2) is 0 Å². The Morgan fingerprint density at radius 2 is 1.55 bits per heavy atom. The van der Waals surface area contributed by atoms with Crippen molar-refractivity contribution in [3.8, 4) is 5.75 Å². The topological polar surface area (TPSA) is 26.3 Å². The van der Waals surface area contributed by atoms with Crippen LogP contribution in [0.15, 0.2) is 97.1 Å². The Balaban J connectivity index is 1.38. The number of benzene rings is 4. The van der Waals surface area contributed by atoms with Gasteiger partial charge in [0.15, 0.2) is 5.78 Å². The molecule has 4 aromatic rings. The van der Waals surface area contributed by atoms with Gasteiger partial charge in [-0.05, 0) is 58.3 Å². The van der Waals surface area contributed by atoms with Crippen molar-refractivity contribution in [1.29, 1.82) is 0 Å². The van der Waals surface area contributed by atoms with Crippen LogP contribution < -0.4 is 4.74 Å². The lowest BCUT2D eigenvalue weighted by Gasteiger charge is -2.06. The highest BCUT2D eigenvalue weighted by Crippen LogP contribution is 2.18. The first kappa shape index (κ1) is 19.0. The van der Waals surface area contributed by atoms with Crippen LogP contribution in [0.2, 0.25) is 5.02 Å². The van der Waals surface area contributed by atoms with Crippen molar-refractivity contribution in [1.82, 2.24) is 0 Å². The average Bonchev–Trinajstić information content (AvgIpc) is 2.77. The minimum Gasteiger partial charge on any atom is -0.489 e. The summed E-state index contributed by atoms with van der Waals surface area (Å²) in [6.45, 7) is 0.479. The largest absolute Gasteiger partial charge is 0.489 e. The van der Waals surface area contributed by atoms with Crippen molar-refractivity contribution in [2.45, 2.75) is 6.61 Å². The second kappa shape index (κ2) is 8.76. The first-order chi connectivity index (χ1) is 14.2. The molecule has 0 spiro atoms. The van der Waals surface area contributed by atoms with E-state index in [9.17, 15) is 4.79 Å². The smallest absolute Gasteiger partial charge is 0.185 e. The number of allylic oxidation sites excluding steroid dienone is 1. The van der Waals surface area contributed by atoms with Crippen molar-refractivity contribution < 1.29 is 9.53 Å². The minimum absolute atomic E-state index is 0.0150. The molecule has 0 amide bonds. The second-order valence-corrected chi connectivity index (χ2v) is 7.18. The molecule has 4 rings (SSSR count). The third-order valence-electron chi connectivity index (χ3n) is 4.66. The SMILES string of the molecule is O=C(/C=C/c1ccc(OCc2ccc(Cl)cc2)cc1)c1ccc2ccccc2c1. The number of carbonyl (C=O) groups excluding carboxylic acids is 1. The van der Waals surface area contributed by atoms with E-state index in [1.807, 2.05) is 97.1 Å². The number of rotatable bonds is 6. The highest BCUT2D eigenvalue weighted by atomic mass is 35.5. The summed E-state index contributed by atoms with van der Waals surface area (Å²) in [5, 5.41) is 2.90. The number of hydrogen-bond acceptors (Lipinski definition) is 2. The molecule has 0 aliphatic rings. The van der Waals surface area contributed by atoms with E-state index in [-0.39, 0.29) is 5.78 Å². The molecule has 0 aliphatic heterocycles. The predicted octanol–water partition coefficient (Wildman–Crippen LogP) is 6.97. The van der Waals surface area contributed by atoms with Crippen LogP contribution in [-0.4, -0.2) is 5.78 Å². The maximum absolute atomic E-state index is 12.5. The molecule has 0 radical (unpaired) electrons. The summed E-state index contributed by atoms with van der Waals surface area (Å²) in [4.78, 5) is 12.5. The third-order valence-corrected chi connectivity index (χ3v) is 4.91. The van der Waals surface area contributed by atoms with Crippen molar-refractivity contribution in [2.75, 3.05) is 0 Å². The Labute approximate surface area is 175 Å². The maximum Gasteiger partial charge on any atom is 0.185 e. The highest BCUT2D eigenvalue weighted by Gasteiger charge is 2.03. The fourth-order valence-electron chi connectivity index (χ4n) is 3.03. The van der Waals surface area contributed by atoms with Gasteiger partial charge in [0.1, 0.15) is 12.4 Å².